The van der Waals surface area contributed by atoms with Crippen molar-refractivity contribution < 1.29 is 9.90 Å². The molecule has 3 saturated carbocycles. The van der Waals surface area contributed by atoms with Crippen molar-refractivity contribution in [3.63, 3.8) is 0 Å². The molecule has 0 amide bonds. The monoisotopic (exact) mass is 300 g/mol. The number of fused-ring (bicyclic) bond motifs is 5. The molecule has 0 aliphatic heterocycles. The van der Waals surface area contributed by atoms with Crippen LogP contribution in [0.3, 0.4) is 0 Å². The number of ketones is 1. The summed E-state index contributed by atoms with van der Waals surface area (Å²) in [6.45, 7) is 4.64. The largest absolute Gasteiger partial charge is 0.515 e. The minimum absolute atomic E-state index is 0.211. The Morgan fingerprint density at radius 1 is 1.18 bits per heavy atom. The number of hydrogen-bond donors (Lipinski definition) is 1. The molecule has 3 fully saturated rings. The third kappa shape index (κ3) is 1.70. The van der Waals surface area contributed by atoms with Crippen LogP contribution in [-0.4, -0.2) is 10.9 Å². The lowest BCUT2D eigenvalue weighted by Gasteiger charge is -2.57. The molecule has 6 atom stereocenters. The van der Waals surface area contributed by atoms with Crippen molar-refractivity contribution in [2.24, 2.45) is 34.5 Å². The van der Waals surface area contributed by atoms with Crippen LogP contribution < -0.4 is 0 Å². The predicted molar refractivity (Wildman–Crippen MR) is 87.4 cm³/mol. The summed E-state index contributed by atoms with van der Waals surface area (Å²) >= 11 is 0. The zero-order valence-corrected chi connectivity index (χ0v) is 13.8. The standard InChI is InChI=1S/C20H28O2/c1-19-9-4-3-5-14(19)6-7-15-16(19)8-10-20(2)17(15)11-13(12-21)18(20)22/h4,9,12,14-17,21H,3,5-8,10-11H2,1-2H3/b13-12-/t14-,15-,16+,17+,19+,20+/m1/s1. The van der Waals surface area contributed by atoms with E-state index in [2.05, 4.69) is 26.0 Å². The van der Waals surface area contributed by atoms with Gasteiger partial charge in [-0.15, -0.1) is 0 Å². The van der Waals surface area contributed by atoms with Crippen LogP contribution in [0.2, 0.25) is 0 Å². The topological polar surface area (TPSA) is 37.3 Å². The number of hydrogen-bond acceptors (Lipinski definition) is 2. The molecule has 1 N–H and O–H groups in total. The SMILES string of the molecule is C[C@]12C=CCC[C@@H]1CC[C@@H]1[C@@H]2CC[C@]2(C)C(=O)/C(=C\O)C[C@@H]12. The quantitative estimate of drug-likeness (QED) is 0.396. The molecule has 4 aliphatic carbocycles. The van der Waals surface area contributed by atoms with Crippen LogP contribution in [0.15, 0.2) is 24.0 Å². The first-order chi connectivity index (χ1) is 10.5. The van der Waals surface area contributed by atoms with Crippen LogP contribution in [0.4, 0.5) is 0 Å². The Bertz CT molecular complexity index is 560. The van der Waals surface area contributed by atoms with Gasteiger partial charge in [0.25, 0.3) is 0 Å². The fraction of sp³-hybridized carbons (Fsp3) is 0.750. The van der Waals surface area contributed by atoms with E-state index in [9.17, 15) is 9.90 Å². The second-order valence-electron chi connectivity index (χ2n) is 8.64. The van der Waals surface area contributed by atoms with E-state index >= 15 is 0 Å². The Kier molecular flexibility index (Phi) is 3.12. The average Bonchev–Trinajstić information content (AvgIpc) is 2.78. The molecule has 4 aliphatic rings. The van der Waals surface area contributed by atoms with Gasteiger partial charge in [-0.2, -0.15) is 0 Å². The molecule has 0 spiro atoms. The first-order valence-electron chi connectivity index (χ1n) is 9.06. The number of allylic oxidation sites excluding steroid dienone is 3. The highest BCUT2D eigenvalue weighted by Crippen LogP contribution is 2.64. The number of carbonyl (C=O) groups excluding carboxylic acids is 1. The van der Waals surface area contributed by atoms with Crippen LogP contribution in [-0.2, 0) is 4.79 Å². The summed E-state index contributed by atoms with van der Waals surface area (Å²) in [6.07, 6.45) is 14.2. The van der Waals surface area contributed by atoms with Gasteiger partial charge >= 0.3 is 0 Å². The summed E-state index contributed by atoms with van der Waals surface area (Å²) in [5.41, 5.74) is 0.814. The number of carbonyl (C=O) groups is 1. The predicted octanol–water partition coefficient (Wildman–Crippen LogP) is 4.82. The van der Waals surface area contributed by atoms with Gasteiger partial charge in [-0.1, -0.05) is 26.0 Å². The molecular weight excluding hydrogens is 272 g/mol. The zero-order valence-electron chi connectivity index (χ0n) is 13.8. The minimum Gasteiger partial charge on any atom is -0.515 e. The molecule has 0 radical (unpaired) electrons. The van der Waals surface area contributed by atoms with E-state index < -0.39 is 0 Å². The van der Waals surface area contributed by atoms with Gasteiger partial charge < -0.3 is 5.11 Å². The maximum atomic E-state index is 12.7. The van der Waals surface area contributed by atoms with Crippen LogP contribution >= 0.6 is 0 Å². The van der Waals surface area contributed by atoms with E-state index in [4.69, 9.17) is 0 Å². The highest BCUT2D eigenvalue weighted by atomic mass is 16.2. The number of Topliss-reactive ketones (excluding diaryl/α,β-unsaturated/α-hetero) is 1. The van der Waals surface area contributed by atoms with Gasteiger partial charge in [-0.25, -0.2) is 0 Å². The highest BCUT2D eigenvalue weighted by Gasteiger charge is 2.60. The molecule has 0 aromatic heterocycles. The highest BCUT2D eigenvalue weighted by molar-refractivity contribution is 6.02. The van der Waals surface area contributed by atoms with Crippen LogP contribution in [0, 0.1) is 34.5 Å². The molecule has 2 heteroatoms. The van der Waals surface area contributed by atoms with E-state index in [0.717, 1.165) is 30.9 Å². The molecule has 0 aromatic rings. The Hall–Kier alpha value is -1.05. The Morgan fingerprint density at radius 3 is 2.77 bits per heavy atom. The lowest BCUT2D eigenvalue weighted by Crippen LogP contribution is -2.51. The summed E-state index contributed by atoms with van der Waals surface area (Å²) in [5, 5.41) is 9.44. The molecule has 2 nitrogen and oxygen atoms in total. The fourth-order valence-corrected chi connectivity index (χ4v) is 6.61. The fourth-order valence-electron chi connectivity index (χ4n) is 6.61. The second kappa shape index (κ2) is 4.72. The molecule has 120 valence electrons. The normalized spacial score (nSPS) is 52.3. The summed E-state index contributed by atoms with van der Waals surface area (Å²) in [7, 11) is 0. The third-order valence-corrected chi connectivity index (χ3v) is 7.92. The molecule has 0 heterocycles. The van der Waals surface area contributed by atoms with E-state index in [1.54, 1.807) is 0 Å². The molecule has 0 unspecified atom stereocenters. The van der Waals surface area contributed by atoms with Crippen molar-refractivity contribution in [1.82, 2.24) is 0 Å². The maximum absolute atomic E-state index is 12.7. The Morgan fingerprint density at radius 2 is 2.00 bits per heavy atom. The van der Waals surface area contributed by atoms with Crippen molar-refractivity contribution in [3.8, 4) is 0 Å². The average molecular weight is 300 g/mol. The summed E-state index contributed by atoms with van der Waals surface area (Å²) in [4.78, 5) is 12.7. The zero-order chi connectivity index (χ0) is 15.5. The molecule has 4 rings (SSSR count). The van der Waals surface area contributed by atoms with Gasteiger partial charge in [0.05, 0.1) is 6.26 Å². The molecular formula is C20H28O2. The number of rotatable bonds is 0. The molecule has 0 bridgehead atoms. The van der Waals surface area contributed by atoms with E-state index in [1.807, 2.05) is 0 Å². The van der Waals surface area contributed by atoms with Crippen LogP contribution in [0.25, 0.3) is 0 Å². The molecule has 22 heavy (non-hydrogen) atoms. The maximum Gasteiger partial charge on any atom is 0.168 e. The van der Waals surface area contributed by atoms with Gasteiger partial charge in [0.2, 0.25) is 0 Å². The first kappa shape index (κ1) is 14.5. The van der Waals surface area contributed by atoms with Crippen molar-refractivity contribution >= 4 is 5.78 Å². The van der Waals surface area contributed by atoms with Crippen molar-refractivity contribution in [3.05, 3.63) is 24.0 Å². The van der Waals surface area contributed by atoms with Crippen molar-refractivity contribution in [2.75, 3.05) is 0 Å². The molecule has 0 saturated heterocycles. The van der Waals surface area contributed by atoms with Gasteiger partial charge in [0.15, 0.2) is 5.78 Å². The Labute approximate surface area is 133 Å². The van der Waals surface area contributed by atoms with Crippen molar-refractivity contribution in [2.45, 2.75) is 58.8 Å². The Balaban J connectivity index is 1.71. The summed E-state index contributed by atoms with van der Waals surface area (Å²) < 4.78 is 0. The van der Waals surface area contributed by atoms with Crippen molar-refractivity contribution in [1.29, 1.82) is 0 Å². The van der Waals surface area contributed by atoms with Crippen LogP contribution in [0.5, 0.6) is 0 Å². The smallest absolute Gasteiger partial charge is 0.168 e. The number of aliphatic hydroxyl groups is 1. The molecule has 0 aromatic carbocycles. The van der Waals surface area contributed by atoms with Gasteiger partial charge in [0, 0.05) is 11.0 Å². The summed E-state index contributed by atoms with van der Waals surface area (Å²) in [5.74, 6) is 2.90. The van der Waals surface area contributed by atoms with E-state index in [-0.39, 0.29) is 11.2 Å². The summed E-state index contributed by atoms with van der Waals surface area (Å²) in [6, 6.07) is 0. The van der Waals surface area contributed by atoms with Gasteiger partial charge in [0.1, 0.15) is 0 Å². The lowest BCUT2D eigenvalue weighted by molar-refractivity contribution is -0.132. The van der Waals surface area contributed by atoms with Gasteiger partial charge in [-0.3, -0.25) is 4.79 Å². The first-order valence-corrected chi connectivity index (χ1v) is 9.06. The van der Waals surface area contributed by atoms with Gasteiger partial charge in [-0.05, 0) is 74.0 Å². The van der Waals surface area contributed by atoms with E-state index in [1.165, 1.54) is 32.1 Å². The second-order valence-corrected chi connectivity index (χ2v) is 8.64. The third-order valence-electron chi connectivity index (χ3n) is 7.92. The minimum atomic E-state index is -0.211. The lowest BCUT2D eigenvalue weighted by atomic mass is 9.46. The van der Waals surface area contributed by atoms with E-state index in [0.29, 0.717) is 22.8 Å². The van der Waals surface area contributed by atoms with Crippen LogP contribution in [0.1, 0.15) is 58.8 Å². The number of aliphatic hydroxyl groups excluding tert-OH is 1.